The van der Waals surface area contributed by atoms with Crippen LogP contribution in [0.1, 0.15) is 0 Å². The van der Waals surface area contributed by atoms with Gasteiger partial charge in [-0.05, 0) is 23.6 Å². The minimum Gasteiger partial charge on any atom is -0.335 e. The summed E-state index contributed by atoms with van der Waals surface area (Å²) in [7, 11) is -1.07. The van der Waals surface area contributed by atoms with Gasteiger partial charge in [-0.1, -0.05) is 48.0 Å². The van der Waals surface area contributed by atoms with Gasteiger partial charge in [-0.15, -0.1) is 11.3 Å². The molecule has 1 aromatic heterocycles. The lowest BCUT2D eigenvalue weighted by atomic mass is 10.1. The SMILES string of the molecule is CN(CC(=O)Nc1cccc2ccccc12)C(=O)CN(C)S(=O)(=O)c1ccc(Cl)s1. The zero-order valence-corrected chi connectivity index (χ0v) is 18.7. The van der Waals surface area contributed by atoms with Gasteiger partial charge in [0.2, 0.25) is 11.8 Å². The quantitative estimate of drug-likeness (QED) is 0.580. The molecule has 3 rings (SSSR count). The van der Waals surface area contributed by atoms with Crippen LogP contribution in [0, 0.1) is 0 Å². The summed E-state index contributed by atoms with van der Waals surface area (Å²) in [5.74, 6) is -0.880. The van der Waals surface area contributed by atoms with Gasteiger partial charge in [0.15, 0.2) is 0 Å². The number of benzene rings is 2. The van der Waals surface area contributed by atoms with E-state index in [1.807, 2.05) is 36.4 Å². The van der Waals surface area contributed by atoms with Gasteiger partial charge in [-0.3, -0.25) is 9.59 Å². The fraction of sp³-hybridized carbons (Fsp3) is 0.200. The maximum absolute atomic E-state index is 12.5. The Morgan fingerprint density at radius 2 is 1.70 bits per heavy atom. The standard InChI is InChI=1S/C20H20ClN3O4S2/c1-23(19(26)13-24(2)30(27,28)20-11-10-17(21)29-20)12-18(25)22-16-9-5-7-14-6-3-4-8-15(14)16/h3-11H,12-13H2,1-2H3,(H,22,25). The van der Waals surface area contributed by atoms with Gasteiger partial charge in [0.25, 0.3) is 10.0 Å². The van der Waals surface area contributed by atoms with Crippen molar-refractivity contribution in [2.24, 2.45) is 0 Å². The second kappa shape index (κ2) is 9.13. The number of nitrogens with one attached hydrogen (secondary N) is 1. The lowest BCUT2D eigenvalue weighted by Gasteiger charge is -2.21. The van der Waals surface area contributed by atoms with Crippen molar-refractivity contribution in [3.05, 3.63) is 58.9 Å². The molecule has 0 saturated heterocycles. The number of sulfonamides is 1. The predicted molar refractivity (Wildman–Crippen MR) is 119 cm³/mol. The van der Waals surface area contributed by atoms with E-state index in [-0.39, 0.29) is 16.7 Å². The minimum atomic E-state index is -3.83. The van der Waals surface area contributed by atoms with Crippen LogP contribution in [0.5, 0.6) is 0 Å². The molecule has 30 heavy (non-hydrogen) atoms. The second-order valence-corrected chi connectivity index (χ2v) is 10.6. The van der Waals surface area contributed by atoms with Gasteiger partial charge in [-0.2, -0.15) is 4.31 Å². The predicted octanol–water partition coefficient (Wildman–Crippen LogP) is 3.27. The number of likely N-dealkylation sites (N-methyl/N-ethyl adjacent to an activating group) is 2. The Kier molecular flexibility index (Phi) is 6.77. The molecule has 0 unspecified atom stereocenters. The normalized spacial score (nSPS) is 11.6. The molecule has 7 nitrogen and oxygen atoms in total. The molecule has 3 aromatic rings. The average molecular weight is 466 g/mol. The molecule has 0 aliphatic rings. The van der Waals surface area contributed by atoms with Crippen LogP contribution >= 0.6 is 22.9 Å². The summed E-state index contributed by atoms with van der Waals surface area (Å²) in [5, 5.41) is 4.68. The number of rotatable bonds is 7. The zero-order valence-electron chi connectivity index (χ0n) is 16.3. The summed E-state index contributed by atoms with van der Waals surface area (Å²) in [5.41, 5.74) is 0.646. The molecule has 0 saturated carbocycles. The number of carbonyl (C=O) groups excluding carboxylic acids is 2. The molecule has 10 heteroatoms. The first kappa shape index (κ1) is 22.2. The highest BCUT2D eigenvalue weighted by molar-refractivity contribution is 7.91. The van der Waals surface area contributed by atoms with Gasteiger partial charge < -0.3 is 10.2 Å². The van der Waals surface area contributed by atoms with E-state index in [4.69, 9.17) is 11.6 Å². The lowest BCUT2D eigenvalue weighted by molar-refractivity contribution is -0.133. The van der Waals surface area contributed by atoms with E-state index >= 15 is 0 Å². The number of carbonyl (C=O) groups is 2. The van der Waals surface area contributed by atoms with E-state index in [2.05, 4.69) is 5.32 Å². The molecule has 0 spiro atoms. The van der Waals surface area contributed by atoms with Crippen LogP contribution in [0.2, 0.25) is 4.34 Å². The highest BCUT2D eigenvalue weighted by Crippen LogP contribution is 2.27. The second-order valence-electron chi connectivity index (χ2n) is 6.64. The topological polar surface area (TPSA) is 86.8 Å². The Labute approximate surface area is 183 Å². The molecule has 0 aliphatic carbocycles. The van der Waals surface area contributed by atoms with Crippen molar-refractivity contribution in [3.8, 4) is 0 Å². The van der Waals surface area contributed by atoms with Crippen molar-refractivity contribution >= 4 is 61.2 Å². The average Bonchev–Trinajstić information content (AvgIpc) is 3.15. The number of nitrogens with zero attached hydrogens (tertiary/aromatic N) is 2. The van der Waals surface area contributed by atoms with E-state index in [9.17, 15) is 18.0 Å². The molecule has 1 N–H and O–H groups in total. The molecule has 2 amide bonds. The van der Waals surface area contributed by atoms with Crippen LogP contribution in [-0.4, -0.2) is 56.6 Å². The number of halogens is 1. The Bertz CT molecular complexity index is 1190. The summed E-state index contributed by atoms with van der Waals surface area (Å²) in [6.45, 7) is -0.601. The summed E-state index contributed by atoms with van der Waals surface area (Å²) in [4.78, 5) is 26.1. The highest BCUT2D eigenvalue weighted by Gasteiger charge is 2.26. The van der Waals surface area contributed by atoms with Crippen LogP contribution in [0.3, 0.4) is 0 Å². The Balaban J connectivity index is 1.61. The van der Waals surface area contributed by atoms with Gasteiger partial charge >= 0.3 is 0 Å². The highest BCUT2D eigenvalue weighted by atomic mass is 35.5. The van der Waals surface area contributed by atoms with E-state index in [1.54, 1.807) is 6.07 Å². The van der Waals surface area contributed by atoms with E-state index in [1.165, 1.54) is 31.1 Å². The Morgan fingerprint density at radius 1 is 1.00 bits per heavy atom. The van der Waals surface area contributed by atoms with Crippen LogP contribution in [0.25, 0.3) is 10.8 Å². The van der Waals surface area contributed by atoms with Crippen molar-refractivity contribution in [2.75, 3.05) is 32.5 Å². The fourth-order valence-electron chi connectivity index (χ4n) is 2.81. The number of hydrogen-bond acceptors (Lipinski definition) is 5. The van der Waals surface area contributed by atoms with Crippen molar-refractivity contribution in [2.45, 2.75) is 4.21 Å². The fourth-order valence-corrected chi connectivity index (χ4v) is 5.63. The van der Waals surface area contributed by atoms with Crippen LogP contribution in [-0.2, 0) is 19.6 Å². The molecule has 158 valence electrons. The van der Waals surface area contributed by atoms with Gasteiger partial charge in [-0.25, -0.2) is 8.42 Å². The molecule has 0 bridgehead atoms. The minimum absolute atomic E-state index is 0.0548. The van der Waals surface area contributed by atoms with Crippen molar-refractivity contribution in [1.29, 1.82) is 0 Å². The van der Waals surface area contributed by atoms with Gasteiger partial charge in [0, 0.05) is 25.2 Å². The third-order valence-electron chi connectivity index (χ3n) is 4.44. The third-order valence-corrected chi connectivity index (χ3v) is 7.94. The number of anilines is 1. The number of amides is 2. The van der Waals surface area contributed by atoms with E-state index in [0.29, 0.717) is 10.0 Å². The largest absolute Gasteiger partial charge is 0.335 e. The summed E-state index contributed by atoms with van der Waals surface area (Å²) < 4.78 is 26.4. The molecule has 0 atom stereocenters. The lowest BCUT2D eigenvalue weighted by Crippen LogP contribution is -2.42. The smallest absolute Gasteiger partial charge is 0.252 e. The first-order valence-electron chi connectivity index (χ1n) is 8.92. The first-order valence-corrected chi connectivity index (χ1v) is 11.5. The first-order chi connectivity index (χ1) is 14.2. The summed E-state index contributed by atoms with van der Waals surface area (Å²) >= 11 is 6.72. The molecule has 0 aliphatic heterocycles. The Morgan fingerprint density at radius 3 is 2.40 bits per heavy atom. The maximum Gasteiger partial charge on any atom is 0.252 e. The van der Waals surface area contributed by atoms with Crippen molar-refractivity contribution in [1.82, 2.24) is 9.21 Å². The van der Waals surface area contributed by atoms with Crippen LogP contribution < -0.4 is 5.32 Å². The summed E-state index contributed by atoms with van der Waals surface area (Å²) in [6, 6.07) is 16.1. The molecular formula is C20H20ClN3O4S2. The number of fused-ring (bicyclic) bond motifs is 1. The van der Waals surface area contributed by atoms with Crippen LogP contribution in [0.4, 0.5) is 5.69 Å². The van der Waals surface area contributed by atoms with Crippen molar-refractivity contribution < 1.29 is 18.0 Å². The van der Waals surface area contributed by atoms with Gasteiger partial charge in [0.1, 0.15) is 4.21 Å². The zero-order chi connectivity index (χ0) is 21.9. The third kappa shape index (κ3) is 4.99. The maximum atomic E-state index is 12.5. The molecule has 0 radical (unpaired) electrons. The monoisotopic (exact) mass is 465 g/mol. The molecule has 2 aromatic carbocycles. The number of hydrogen-bond donors (Lipinski definition) is 1. The molecule has 1 heterocycles. The molecular weight excluding hydrogens is 446 g/mol. The van der Waals surface area contributed by atoms with Crippen molar-refractivity contribution in [3.63, 3.8) is 0 Å². The van der Waals surface area contributed by atoms with E-state index in [0.717, 1.165) is 26.4 Å². The number of thiophene rings is 1. The Hall–Kier alpha value is -2.46. The molecule has 0 fully saturated rings. The summed E-state index contributed by atoms with van der Waals surface area (Å²) in [6.07, 6.45) is 0. The van der Waals surface area contributed by atoms with Crippen LogP contribution in [0.15, 0.2) is 58.8 Å². The van der Waals surface area contributed by atoms with Gasteiger partial charge in [0.05, 0.1) is 17.4 Å². The van der Waals surface area contributed by atoms with E-state index < -0.39 is 22.5 Å².